The highest BCUT2D eigenvalue weighted by atomic mass is 32.1. The molecule has 0 unspecified atom stereocenters. The van der Waals surface area contributed by atoms with E-state index >= 15 is 0 Å². The lowest BCUT2D eigenvalue weighted by Gasteiger charge is -2.09. The molecular formula is C20H20N4O3S. The van der Waals surface area contributed by atoms with Crippen LogP contribution in [-0.4, -0.2) is 21.8 Å². The molecule has 3 aromatic rings. The Balaban J connectivity index is 1.41. The molecule has 1 atom stereocenters. The van der Waals surface area contributed by atoms with Crippen LogP contribution in [0.4, 0.5) is 5.69 Å². The van der Waals surface area contributed by atoms with Gasteiger partial charge in [-0.05, 0) is 56.4 Å². The number of hydrogen-bond acceptors (Lipinski definition) is 6. The fraction of sp³-hybridized carbons (Fsp3) is 0.300. The predicted octanol–water partition coefficient (Wildman–Crippen LogP) is 3.67. The average Bonchev–Trinajstić information content (AvgIpc) is 3.41. The first kappa shape index (κ1) is 18.4. The van der Waals surface area contributed by atoms with Crippen molar-refractivity contribution in [3.05, 3.63) is 63.3 Å². The van der Waals surface area contributed by atoms with Gasteiger partial charge in [0.15, 0.2) is 5.69 Å². The fourth-order valence-electron chi connectivity index (χ4n) is 3.28. The second-order valence-electron chi connectivity index (χ2n) is 6.82. The lowest BCUT2D eigenvalue weighted by Crippen LogP contribution is -2.26. The topological polar surface area (TPSA) is 97.1 Å². The molecule has 2 amide bonds. The van der Waals surface area contributed by atoms with E-state index in [9.17, 15) is 9.59 Å². The number of carbonyl (C=O) groups is 2. The van der Waals surface area contributed by atoms with E-state index in [1.165, 1.54) is 28.7 Å². The van der Waals surface area contributed by atoms with Crippen molar-refractivity contribution < 1.29 is 14.0 Å². The molecule has 2 aromatic heterocycles. The van der Waals surface area contributed by atoms with Gasteiger partial charge in [-0.1, -0.05) is 6.07 Å². The van der Waals surface area contributed by atoms with E-state index in [0.29, 0.717) is 10.6 Å². The number of benzene rings is 1. The summed E-state index contributed by atoms with van der Waals surface area (Å²) in [6, 6.07) is 5.51. The van der Waals surface area contributed by atoms with Gasteiger partial charge in [0.2, 0.25) is 5.89 Å². The molecule has 2 heterocycles. The smallest absolute Gasteiger partial charge is 0.277 e. The number of aromatic nitrogens is 2. The van der Waals surface area contributed by atoms with E-state index in [4.69, 9.17) is 4.42 Å². The van der Waals surface area contributed by atoms with E-state index in [-0.39, 0.29) is 23.4 Å². The maximum Gasteiger partial charge on any atom is 0.277 e. The summed E-state index contributed by atoms with van der Waals surface area (Å²) in [7, 11) is 0. The van der Waals surface area contributed by atoms with Gasteiger partial charge in [-0.15, -0.1) is 11.3 Å². The molecule has 0 fully saturated rings. The van der Waals surface area contributed by atoms with Crippen molar-refractivity contribution >= 4 is 28.8 Å². The number of oxazole rings is 1. The first-order chi connectivity index (χ1) is 13.5. The van der Waals surface area contributed by atoms with E-state index in [0.717, 1.165) is 24.9 Å². The number of aryl methyl sites for hydroxylation is 3. The van der Waals surface area contributed by atoms with Gasteiger partial charge in [-0.3, -0.25) is 9.59 Å². The highest BCUT2D eigenvalue weighted by Crippen LogP contribution is 2.25. The van der Waals surface area contributed by atoms with Crippen LogP contribution in [0.1, 0.15) is 62.3 Å². The zero-order chi connectivity index (χ0) is 19.7. The fourth-order valence-corrected chi connectivity index (χ4v) is 3.98. The summed E-state index contributed by atoms with van der Waals surface area (Å²) in [5, 5.41) is 5.67. The number of amides is 2. The summed E-state index contributed by atoms with van der Waals surface area (Å²) < 4.78 is 5.41. The normalized spacial score (nSPS) is 13.8. The SMILES string of the molecule is Cc1ncsc1C(=O)N[C@@H](C)c1nc(C(=O)Nc2ccc3c(c2)CCC3)co1. The summed E-state index contributed by atoms with van der Waals surface area (Å²) in [6.07, 6.45) is 4.60. The van der Waals surface area contributed by atoms with Crippen LogP contribution in [0.3, 0.4) is 0 Å². The minimum atomic E-state index is -0.476. The predicted molar refractivity (Wildman–Crippen MR) is 106 cm³/mol. The van der Waals surface area contributed by atoms with Crippen LogP contribution in [-0.2, 0) is 12.8 Å². The maximum atomic E-state index is 12.5. The molecule has 1 aliphatic carbocycles. The number of fused-ring (bicyclic) bond motifs is 1. The Morgan fingerprint density at radius 3 is 2.82 bits per heavy atom. The van der Waals surface area contributed by atoms with Crippen molar-refractivity contribution in [1.82, 2.24) is 15.3 Å². The molecule has 0 radical (unpaired) electrons. The molecule has 28 heavy (non-hydrogen) atoms. The maximum absolute atomic E-state index is 12.5. The van der Waals surface area contributed by atoms with Gasteiger partial charge in [-0.25, -0.2) is 9.97 Å². The highest BCUT2D eigenvalue weighted by molar-refractivity contribution is 7.11. The van der Waals surface area contributed by atoms with Crippen LogP contribution in [0.15, 0.2) is 34.4 Å². The van der Waals surface area contributed by atoms with Gasteiger partial charge in [-0.2, -0.15) is 0 Å². The third-order valence-corrected chi connectivity index (χ3v) is 5.71. The molecule has 7 nitrogen and oxygen atoms in total. The zero-order valence-electron chi connectivity index (χ0n) is 15.6. The van der Waals surface area contributed by atoms with Crippen molar-refractivity contribution in [2.75, 3.05) is 5.32 Å². The van der Waals surface area contributed by atoms with E-state index in [2.05, 4.69) is 26.7 Å². The Bertz CT molecular complexity index is 1040. The Morgan fingerprint density at radius 1 is 1.21 bits per heavy atom. The van der Waals surface area contributed by atoms with Crippen molar-refractivity contribution in [3.8, 4) is 0 Å². The lowest BCUT2D eigenvalue weighted by molar-refractivity contribution is 0.0937. The molecule has 0 saturated carbocycles. The zero-order valence-corrected chi connectivity index (χ0v) is 16.4. The first-order valence-electron chi connectivity index (χ1n) is 9.11. The molecule has 0 bridgehead atoms. The van der Waals surface area contributed by atoms with Gasteiger partial charge in [0.05, 0.1) is 11.2 Å². The van der Waals surface area contributed by atoms with Crippen molar-refractivity contribution in [2.45, 2.75) is 39.2 Å². The monoisotopic (exact) mass is 396 g/mol. The van der Waals surface area contributed by atoms with Crippen LogP contribution in [0.5, 0.6) is 0 Å². The number of rotatable bonds is 5. The second kappa shape index (κ2) is 7.55. The number of nitrogens with zero attached hydrogens (tertiary/aromatic N) is 2. The highest BCUT2D eigenvalue weighted by Gasteiger charge is 2.21. The molecule has 0 saturated heterocycles. The first-order valence-corrected chi connectivity index (χ1v) is 9.99. The van der Waals surface area contributed by atoms with Crippen molar-refractivity contribution in [2.24, 2.45) is 0 Å². The Hall–Kier alpha value is -3.00. The van der Waals surface area contributed by atoms with E-state index < -0.39 is 6.04 Å². The summed E-state index contributed by atoms with van der Waals surface area (Å²) in [5.41, 5.74) is 5.86. The lowest BCUT2D eigenvalue weighted by atomic mass is 10.1. The molecule has 1 aromatic carbocycles. The molecular weight excluding hydrogens is 376 g/mol. The summed E-state index contributed by atoms with van der Waals surface area (Å²) >= 11 is 1.28. The van der Waals surface area contributed by atoms with Gasteiger partial charge >= 0.3 is 0 Å². The van der Waals surface area contributed by atoms with Crippen LogP contribution < -0.4 is 10.6 Å². The molecule has 1 aliphatic rings. The summed E-state index contributed by atoms with van der Waals surface area (Å²) in [5.74, 6) is -0.311. The van der Waals surface area contributed by atoms with Crippen LogP contribution in [0, 0.1) is 6.92 Å². The number of hydrogen-bond donors (Lipinski definition) is 2. The molecule has 0 spiro atoms. The molecule has 8 heteroatoms. The minimum absolute atomic E-state index is 0.172. The van der Waals surface area contributed by atoms with Crippen LogP contribution in [0.2, 0.25) is 0 Å². The molecule has 4 rings (SSSR count). The van der Waals surface area contributed by atoms with E-state index in [1.54, 1.807) is 19.4 Å². The van der Waals surface area contributed by atoms with Gasteiger partial charge in [0, 0.05) is 5.69 Å². The van der Waals surface area contributed by atoms with E-state index in [1.807, 2.05) is 12.1 Å². The molecule has 2 N–H and O–H groups in total. The summed E-state index contributed by atoms with van der Waals surface area (Å²) in [6.45, 7) is 3.53. The van der Waals surface area contributed by atoms with Crippen LogP contribution in [0.25, 0.3) is 0 Å². The Labute approximate surface area is 166 Å². The van der Waals surface area contributed by atoms with Crippen molar-refractivity contribution in [3.63, 3.8) is 0 Å². The second-order valence-corrected chi connectivity index (χ2v) is 7.68. The molecule has 0 aliphatic heterocycles. The average molecular weight is 396 g/mol. The van der Waals surface area contributed by atoms with Crippen molar-refractivity contribution in [1.29, 1.82) is 0 Å². The third-order valence-electron chi connectivity index (χ3n) is 4.78. The largest absolute Gasteiger partial charge is 0.446 e. The number of thiazole rings is 1. The number of nitrogens with one attached hydrogen (secondary N) is 2. The minimum Gasteiger partial charge on any atom is -0.446 e. The van der Waals surface area contributed by atoms with Gasteiger partial charge < -0.3 is 15.1 Å². The quantitative estimate of drug-likeness (QED) is 0.686. The number of anilines is 1. The Kier molecular flexibility index (Phi) is 4.95. The number of carbonyl (C=O) groups excluding carboxylic acids is 2. The molecule has 144 valence electrons. The summed E-state index contributed by atoms with van der Waals surface area (Å²) in [4.78, 5) is 33.6. The third kappa shape index (κ3) is 3.68. The van der Waals surface area contributed by atoms with Crippen LogP contribution >= 0.6 is 11.3 Å². The van der Waals surface area contributed by atoms with Gasteiger partial charge in [0.25, 0.3) is 11.8 Å². The van der Waals surface area contributed by atoms with Gasteiger partial charge in [0.1, 0.15) is 17.2 Å². The standard InChI is InChI=1S/C20H20N4O3S/c1-11-17(28-10-21-11)19(26)22-12(2)20-24-16(9-27-20)18(25)23-15-7-6-13-4-3-5-14(13)8-15/h6-10,12H,3-5H2,1-2H3,(H,22,26)(H,23,25)/t12-/m0/s1. The Morgan fingerprint density at radius 2 is 2.04 bits per heavy atom.